The van der Waals surface area contributed by atoms with Crippen molar-refractivity contribution in [3.63, 3.8) is 0 Å². The first kappa shape index (κ1) is 15.6. The quantitative estimate of drug-likeness (QED) is 0.641. The van der Waals surface area contributed by atoms with E-state index in [1.807, 2.05) is 5.51 Å². The molecule has 18 heavy (non-hydrogen) atoms. The van der Waals surface area contributed by atoms with E-state index in [0.717, 1.165) is 19.5 Å². The van der Waals surface area contributed by atoms with Gasteiger partial charge in [0.05, 0.1) is 11.2 Å². The summed E-state index contributed by atoms with van der Waals surface area (Å²) in [5.74, 6) is 0. The number of hydrogen-bond acceptors (Lipinski definition) is 3. The molecule has 0 radical (unpaired) electrons. The van der Waals surface area contributed by atoms with E-state index < -0.39 is 0 Å². The van der Waals surface area contributed by atoms with Crippen molar-refractivity contribution in [1.29, 1.82) is 0 Å². The summed E-state index contributed by atoms with van der Waals surface area (Å²) in [5.41, 5.74) is 3.63. The average Bonchev–Trinajstić information content (AvgIpc) is 2.89. The Morgan fingerprint density at radius 2 is 2.11 bits per heavy atom. The fourth-order valence-corrected chi connectivity index (χ4v) is 3.02. The Morgan fingerprint density at radius 1 is 1.28 bits per heavy atom. The lowest BCUT2D eigenvalue weighted by Crippen LogP contribution is -2.36. The van der Waals surface area contributed by atoms with Gasteiger partial charge in [0.1, 0.15) is 0 Å². The van der Waals surface area contributed by atoms with Crippen molar-refractivity contribution in [1.82, 2.24) is 10.3 Å². The summed E-state index contributed by atoms with van der Waals surface area (Å²) in [5, 5.41) is 5.83. The monoisotopic (exact) mass is 268 g/mol. The molecule has 0 saturated carbocycles. The summed E-state index contributed by atoms with van der Waals surface area (Å²) in [7, 11) is 0. The molecule has 104 valence electrons. The third-order valence-electron chi connectivity index (χ3n) is 3.78. The molecule has 0 aromatic carbocycles. The minimum atomic E-state index is 0.402. The average molecular weight is 268 g/mol. The predicted octanol–water partition coefficient (Wildman–Crippen LogP) is 4.27. The number of rotatable bonds is 10. The number of nitrogens with zero attached hydrogens (tertiary/aromatic N) is 1. The van der Waals surface area contributed by atoms with Gasteiger partial charge in [0.15, 0.2) is 0 Å². The van der Waals surface area contributed by atoms with Gasteiger partial charge >= 0.3 is 0 Å². The molecule has 0 bridgehead atoms. The zero-order valence-corrected chi connectivity index (χ0v) is 13.0. The largest absolute Gasteiger partial charge is 0.316 e. The van der Waals surface area contributed by atoms with Gasteiger partial charge in [-0.25, -0.2) is 4.98 Å². The molecule has 1 rings (SSSR count). The molecule has 2 nitrogen and oxygen atoms in total. The van der Waals surface area contributed by atoms with Crippen LogP contribution in [0.2, 0.25) is 0 Å². The molecular weight excluding hydrogens is 240 g/mol. The summed E-state index contributed by atoms with van der Waals surface area (Å²) in [4.78, 5) is 4.48. The Labute approximate surface area is 116 Å². The van der Waals surface area contributed by atoms with Gasteiger partial charge in [-0.1, -0.05) is 33.6 Å². The number of unbranched alkanes of at least 4 members (excludes halogenated alkanes) is 1. The lowest BCUT2D eigenvalue weighted by molar-refractivity contribution is 0.227. The van der Waals surface area contributed by atoms with Crippen molar-refractivity contribution in [2.45, 2.75) is 59.3 Å². The molecule has 1 atom stereocenters. The number of thiazole rings is 1. The highest BCUT2D eigenvalue weighted by molar-refractivity contribution is 7.07. The number of nitrogens with one attached hydrogen (secondary N) is 1. The van der Waals surface area contributed by atoms with Crippen molar-refractivity contribution in [3.05, 3.63) is 16.6 Å². The first-order valence-electron chi connectivity index (χ1n) is 7.34. The van der Waals surface area contributed by atoms with E-state index in [9.17, 15) is 0 Å². The van der Waals surface area contributed by atoms with E-state index in [4.69, 9.17) is 0 Å². The number of aromatic nitrogens is 1. The minimum Gasteiger partial charge on any atom is -0.316 e. The summed E-state index contributed by atoms with van der Waals surface area (Å²) in [6, 6.07) is 0. The van der Waals surface area contributed by atoms with Crippen LogP contribution in [0.3, 0.4) is 0 Å². The van der Waals surface area contributed by atoms with Crippen LogP contribution in [0.5, 0.6) is 0 Å². The molecule has 1 N–H and O–H groups in total. The zero-order valence-electron chi connectivity index (χ0n) is 12.2. The van der Waals surface area contributed by atoms with Gasteiger partial charge in [0, 0.05) is 11.9 Å². The molecule has 0 amide bonds. The third kappa shape index (κ3) is 5.07. The zero-order chi connectivity index (χ0) is 13.3. The molecule has 0 aliphatic heterocycles. The van der Waals surface area contributed by atoms with Crippen LogP contribution in [0.25, 0.3) is 0 Å². The molecule has 1 heterocycles. The highest BCUT2D eigenvalue weighted by Crippen LogP contribution is 2.32. The normalized spacial score (nSPS) is 14.6. The maximum atomic E-state index is 4.48. The Hall–Kier alpha value is -0.410. The van der Waals surface area contributed by atoms with E-state index in [0.29, 0.717) is 5.41 Å². The molecule has 0 fully saturated rings. The molecule has 1 unspecified atom stereocenters. The third-order valence-corrected chi connectivity index (χ3v) is 4.41. The van der Waals surface area contributed by atoms with Crippen molar-refractivity contribution in [2.24, 2.45) is 5.41 Å². The summed E-state index contributed by atoms with van der Waals surface area (Å²) < 4.78 is 0. The second-order valence-corrected chi connectivity index (χ2v) is 6.01. The van der Waals surface area contributed by atoms with Gasteiger partial charge in [-0.3, -0.25) is 0 Å². The standard InChI is InChI=1S/C15H28N2S/c1-4-7-8-15(6-3,12-16-9-5-2)10-14-11-18-13-17-14/h11,13,16H,4-10,12H2,1-3H3. The van der Waals surface area contributed by atoms with Crippen LogP contribution in [0.1, 0.15) is 58.6 Å². The smallest absolute Gasteiger partial charge is 0.0794 e. The summed E-state index contributed by atoms with van der Waals surface area (Å²) >= 11 is 1.71. The van der Waals surface area contributed by atoms with Gasteiger partial charge in [0.2, 0.25) is 0 Å². The SMILES string of the molecule is CCCCC(CC)(CNCCC)Cc1cscn1. The van der Waals surface area contributed by atoms with E-state index in [2.05, 4.69) is 36.5 Å². The van der Waals surface area contributed by atoms with Gasteiger partial charge in [-0.2, -0.15) is 0 Å². The van der Waals surface area contributed by atoms with Crippen molar-refractivity contribution in [3.8, 4) is 0 Å². The van der Waals surface area contributed by atoms with Gasteiger partial charge in [-0.15, -0.1) is 11.3 Å². The van der Waals surface area contributed by atoms with Crippen LogP contribution in [0.4, 0.5) is 0 Å². The Balaban J connectivity index is 2.63. The van der Waals surface area contributed by atoms with Crippen molar-refractivity contribution in [2.75, 3.05) is 13.1 Å². The topological polar surface area (TPSA) is 24.9 Å². The molecule has 0 spiro atoms. The molecule has 0 saturated heterocycles. The molecular formula is C15H28N2S. The van der Waals surface area contributed by atoms with Crippen LogP contribution < -0.4 is 5.32 Å². The Morgan fingerprint density at radius 3 is 2.67 bits per heavy atom. The summed E-state index contributed by atoms with van der Waals surface area (Å²) in [6.07, 6.45) is 7.50. The molecule has 0 aliphatic carbocycles. The van der Waals surface area contributed by atoms with Gasteiger partial charge in [-0.05, 0) is 37.6 Å². The van der Waals surface area contributed by atoms with E-state index in [-0.39, 0.29) is 0 Å². The predicted molar refractivity (Wildman–Crippen MR) is 81.2 cm³/mol. The highest BCUT2D eigenvalue weighted by atomic mass is 32.1. The first-order valence-corrected chi connectivity index (χ1v) is 8.28. The van der Waals surface area contributed by atoms with E-state index >= 15 is 0 Å². The van der Waals surface area contributed by atoms with Crippen LogP contribution >= 0.6 is 11.3 Å². The second kappa shape index (κ2) is 8.65. The van der Waals surface area contributed by atoms with Crippen LogP contribution in [-0.2, 0) is 6.42 Å². The lowest BCUT2D eigenvalue weighted by atomic mass is 9.76. The van der Waals surface area contributed by atoms with Crippen LogP contribution in [-0.4, -0.2) is 18.1 Å². The van der Waals surface area contributed by atoms with Gasteiger partial charge in [0.25, 0.3) is 0 Å². The van der Waals surface area contributed by atoms with Crippen molar-refractivity contribution < 1.29 is 0 Å². The highest BCUT2D eigenvalue weighted by Gasteiger charge is 2.28. The molecule has 1 aromatic rings. The van der Waals surface area contributed by atoms with E-state index in [1.54, 1.807) is 11.3 Å². The van der Waals surface area contributed by atoms with Crippen LogP contribution in [0, 0.1) is 5.41 Å². The summed E-state index contributed by atoms with van der Waals surface area (Å²) in [6.45, 7) is 9.10. The minimum absolute atomic E-state index is 0.402. The maximum absolute atomic E-state index is 4.48. The van der Waals surface area contributed by atoms with Crippen molar-refractivity contribution >= 4 is 11.3 Å². The molecule has 3 heteroatoms. The second-order valence-electron chi connectivity index (χ2n) is 5.29. The van der Waals surface area contributed by atoms with E-state index in [1.165, 1.54) is 37.8 Å². The van der Waals surface area contributed by atoms with Crippen LogP contribution in [0.15, 0.2) is 10.9 Å². The molecule has 0 aliphatic rings. The fraction of sp³-hybridized carbons (Fsp3) is 0.800. The fourth-order valence-electron chi connectivity index (χ4n) is 2.46. The first-order chi connectivity index (χ1) is 8.76. The van der Waals surface area contributed by atoms with Gasteiger partial charge < -0.3 is 5.32 Å². The Kier molecular flexibility index (Phi) is 7.52. The number of hydrogen-bond donors (Lipinski definition) is 1. The molecule has 1 aromatic heterocycles. The maximum Gasteiger partial charge on any atom is 0.0794 e. The lowest BCUT2D eigenvalue weighted by Gasteiger charge is -2.33. The Bertz CT molecular complexity index is 297.